The van der Waals surface area contributed by atoms with Gasteiger partial charge in [0.05, 0.1) is 12.7 Å². The molecule has 0 unspecified atom stereocenters. The van der Waals surface area contributed by atoms with Crippen molar-refractivity contribution < 1.29 is 53.7 Å². The van der Waals surface area contributed by atoms with Crippen molar-refractivity contribution in [3.63, 3.8) is 0 Å². The van der Waals surface area contributed by atoms with Crippen LogP contribution in [-0.4, -0.2) is 154 Å². The van der Waals surface area contributed by atoms with Gasteiger partial charge >= 0.3 is 5.97 Å². The Morgan fingerprint density at radius 1 is 0.615 bits per heavy atom. The van der Waals surface area contributed by atoms with Crippen LogP contribution in [0.3, 0.4) is 0 Å². The van der Waals surface area contributed by atoms with Crippen molar-refractivity contribution in [1.82, 2.24) is 37.2 Å². The summed E-state index contributed by atoms with van der Waals surface area (Å²) in [4.78, 5) is 113. The number of nitrogens with two attached hydrogens (primary N) is 5. The fourth-order valence-electron chi connectivity index (χ4n) is 5.74. The van der Waals surface area contributed by atoms with Crippen molar-refractivity contribution in [2.24, 2.45) is 44.6 Å². The van der Waals surface area contributed by atoms with E-state index in [1.165, 1.54) is 13.8 Å². The Morgan fingerprint density at radius 2 is 1.06 bits per heavy atom. The van der Waals surface area contributed by atoms with E-state index >= 15 is 0 Å². The number of aliphatic carboxylic acids is 1. The van der Waals surface area contributed by atoms with E-state index in [9.17, 15) is 53.7 Å². The highest BCUT2D eigenvalue weighted by Gasteiger charge is 2.34. The van der Waals surface area contributed by atoms with Gasteiger partial charge in [0, 0.05) is 25.3 Å². The van der Waals surface area contributed by atoms with Gasteiger partial charge in [-0.05, 0) is 51.0 Å². The average Bonchev–Trinajstić information content (AvgIpc) is 3.24. The summed E-state index contributed by atoms with van der Waals surface area (Å²) in [6.07, 6.45) is -1.07. The van der Waals surface area contributed by atoms with Gasteiger partial charge in [0.25, 0.3) is 0 Å². The smallest absolute Gasteiger partial charge is 0.328 e. The molecular weight excluding hydrogens is 873 g/mol. The number of carboxylic acid groups (broad SMARTS) is 1. The second-order valence-electron chi connectivity index (χ2n) is 15.3. The molecule has 0 saturated heterocycles. The number of aliphatic imine (C=N–C) groups is 2. The zero-order valence-corrected chi connectivity index (χ0v) is 37.8. The minimum atomic E-state index is -1.64. The summed E-state index contributed by atoms with van der Waals surface area (Å²) in [6.45, 7) is 5.00. The number of benzene rings is 1. The molecule has 0 fully saturated rings. The largest absolute Gasteiger partial charge is 0.480 e. The molecule has 25 nitrogen and oxygen atoms in total. The van der Waals surface area contributed by atoms with Gasteiger partial charge in [0.1, 0.15) is 48.3 Å². The summed E-state index contributed by atoms with van der Waals surface area (Å²) in [5.41, 5.74) is 28.0. The van der Waals surface area contributed by atoms with E-state index in [0.29, 0.717) is 5.56 Å². The highest BCUT2D eigenvalue weighted by molar-refractivity contribution is 7.80. The van der Waals surface area contributed by atoms with E-state index in [0.717, 1.165) is 0 Å². The quantitative estimate of drug-likeness (QED) is 0.0154. The van der Waals surface area contributed by atoms with Crippen LogP contribution in [-0.2, 0) is 44.8 Å². The summed E-state index contributed by atoms with van der Waals surface area (Å²) in [5.74, 6) is -8.78. The molecule has 0 spiro atoms. The fraction of sp³-hybridized carbons (Fsp3) is 0.590. The van der Waals surface area contributed by atoms with Crippen LogP contribution in [0.1, 0.15) is 58.9 Å². The molecule has 20 N–H and O–H groups in total. The van der Waals surface area contributed by atoms with Crippen LogP contribution in [0.5, 0.6) is 0 Å². The Bertz CT molecular complexity index is 1810. The standard InChI is InChI=1S/C39H66N14O11S/c1-19(2)29(36(62)51-26(17-54)37(63)64)53-34(60)27(18-65)52-32(58)24(13-9-15-46-39(43)44)48-33(59)25(16-22-10-6-5-7-11-22)50-30(56)20(3)47-31(57)23(12-8-14-45-38(41)42)49-35(61)28(40)21(4)55/h5-7,10-11,19-21,23-29,54-55,65H,8-9,12-18,40H2,1-4H3,(H,47,57)(H,48,59)(H,49,61)(H,50,56)(H,51,62)(H,52,58)(H,53,60)(H,63,64)(H4,41,42,45)(H4,43,44,46)/t20-,21+,23-,24-,25-,26-,27-,28-,29-/m0/s1. The maximum atomic E-state index is 14.1. The lowest BCUT2D eigenvalue weighted by atomic mass is 10.0. The Balaban J connectivity index is 3.39. The molecule has 0 saturated carbocycles. The summed E-state index contributed by atoms with van der Waals surface area (Å²) in [6, 6.07) is -2.47. The van der Waals surface area contributed by atoms with E-state index in [-0.39, 0.29) is 62.9 Å². The van der Waals surface area contributed by atoms with Crippen LogP contribution in [0, 0.1) is 5.92 Å². The van der Waals surface area contributed by atoms with Gasteiger partial charge < -0.3 is 81.2 Å². The molecule has 0 aliphatic carbocycles. The minimum absolute atomic E-state index is 0.00210. The van der Waals surface area contributed by atoms with Gasteiger partial charge in [-0.2, -0.15) is 12.6 Å². The third kappa shape index (κ3) is 21.3. The van der Waals surface area contributed by atoms with E-state index in [2.05, 4.69) is 59.8 Å². The first-order chi connectivity index (χ1) is 30.5. The number of nitrogens with zero attached hydrogens (tertiary/aromatic N) is 2. The molecule has 0 radical (unpaired) electrons. The minimum Gasteiger partial charge on any atom is -0.480 e. The number of hydrogen-bond donors (Lipinski definition) is 16. The Labute approximate surface area is 382 Å². The van der Waals surface area contributed by atoms with Crippen molar-refractivity contribution in [3.8, 4) is 0 Å². The lowest BCUT2D eigenvalue weighted by molar-refractivity contribution is -0.143. The van der Waals surface area contributed by atoms with Crippen molar-refractivity contribution in [1.29, 1.82) is 0 Å². The predicted molar refractivity (Wildman–Crippen MR) is 242 cm³/mol. The number of thiol groups is 1. The first-order valence-electron chi connectivity index (χ1n) is 20.7. The molecule has 0 aromatic heterocycles. The molecular formula is C39H66N14O11S. The number of aliphatic hydroxyl groups excluding tert-OH is 2. The maximum absolute atomic E-state index is 14.1. The maximum Gasteiger partial charge on any atom is 0.328 e. The van der Waals surface area contributed by atoms with Crippen molar-refractivity contribution in [2.45, 2.75) is 114 Å². The van der Waals surface area contributed by atoms with Gasteiger partial charge in [-0.1, -0.05) is 44.2 Å². The zero-order chi connectivity index (χ0) is 49.4. The van der Waals surface area contributed by atoms with Crippen LogP contribution in [0.2, 0.25) is 0 Å². The van der Waals surface area contributed by atoms with E-state index in [1.54, 1.807) is 44.2 Å². The number of guanidine groups is 2. The van der Waals surface area contributed by atoms with Crippen LogP contribution in [0.25, 0.3) is 0 Å². The number of carbonyl (C=O) groups excluding carboxylic acids is 7. The zero-order valence-electron chi connectivity index (χ0n) is 36.9. The van der Waals surface area contributed by atoms with Gasteiger partial charge in [-0.15, -0.1) is 0 Å². The van der Waals surface area contributed by atoms with E-state index < -0.39 is 114 Å². The fourth-order valence-corrected chi connectivity index (χ4v) is 6.00. The second-order valence-corrected chi connectivity index (χ2v) is 15.7. The number of carbonyl (C=O) groups is 8. The number of amides is 7. The highest BCUT2D eigenvalue weighted by atomic mass is 32.1. The van der Waals surface area contributed by atoms with Crippen molar-refractivity contribution in [3.05, 3.63) is 35.9 Å². The SMILES string of the molecule is CC(C)[C@H](NC(=O)[C@H](CS)NC(=O)[C@H](CCCN=C(N)N)NC(=O)[C@H](Cc1ccccc1)NC(=O)[C@H](C)NC(=O)[C@H](CCCN=C(N)N)NC(=O)[C@@H](N)[C@@H](C)O)C(=O)N[C@@H](CO)C(=O)O. The van der Waals surface area contributed by atoms with Crippen molar-refractivity contribution in [2.75, 3.05) is 25.4 Å². The molecule has 26 heteroatoms. The lowest BCUT2D eigenvalue weighted by Crippen LogP contribution is -2.61. The molecule has 1 aromatic rings. The Morgan fingerprint density at radius 3 is 1.52 bits per heavy atom. The first kappa shape index (κ1) is 56.8. The number of aliphatic hydroxyl groups is 2. The number of nitrogens with one attached hydrogen (secondary N) is 7. The van der Waals surface area contributed by atoms with Gasteiger partial charge in [0.2, 0.25) is 41.4 Å². The van der Waals surface area contributed by atoms with Gasteiger partial charge in [0.15, 0.2) is 11.9 Å². The van der Waals surface area contributed by atoms with Crippen LogP contribution in [0.4, 0.5) is 0 Å². The van der Waals surface area contributed by atoms with Crippen LogP contribution >= 0.6 is 12.6 Å². The normalized spacial score (nSPS) is 15.1. The molecule has 1 aromatic carbocycles. The summed E-state index contributed by atoms with van der Waals surface area (Å²) < 4.78 is 0. The number of rotatable bonds is 29. The van der Waals surface area contributed by atoms with Crippen LogP contribution in [0.15, 0.2) is 40.3 Å². The second kappa shape index (κ2) is 29.2. The first-order valence-corrected chi connectivity index (χ1v) is 21.3. The van der Waals surface area contributed by atoms with Gasteiger partial charge in [-0.25, -0.2) is 4.79 Å². The summed E-state index contributed by atoms with van der Waals surface area (Å²) in [5, 5.41) is 45.7. The molecule has 0 bridgehead atoms. The van der Waals surface area contributed by atoms with Crippen LogP contribution < -0.4 is 65.9 Å². The van der Waals surface area contributed by atoms with Gasteiger partial charge in [-0.3, -0.25) is 43.5 Å². The molecule has 9 atom stereocenters. The van der Waals surface area contributed by atoms with E-state index in [4.69, 9.17) is 28.7 Å². The molecule has 1 rings (SSSR count). The molecule has 0 aliphatic rings. The lowest BCUT2D eigenvalue weighted by Gasteiger charge is -2.28. The molecule has 65 heavy (non-hydrogen) atoms. The number of carboxylic acids is 1. The third-order valence-corrected chi connectivity index (χ3v) is 9.87. The molecule has 0 heterocycles. The predicted octanol–water partition coefficient (Wildman–Crippen LogP) is -5.88. The topological polar surface area (TPSA) is 436 Å². The monoisotopic (exact) mass is 938 g/mol. The Hall–Kier alpha value is -6.25. The summed E-state index contributed by atoms with van der Waals surface area (Å²) >= 11 is 4.19. The highest BCUT2D eigenvalue weighted by Crippen LogP contribution is 2.09. The molecule has 364 valence electrons. The summed E-state index contributed by atoms with van der Waals surface area (Å²) in [7, 11) is 0. The van der Waals surface area contributed by atoms with Crippen molar-refractivity contribution >= 4 is 71.9 Å². The molecule has 7 amide bonds. The molecule has 0 aliphatic heterocycles. The average molecular weight is 939 g/mol. The third-order valence-electron chi connectivity index (χ3n) is 9.51. The van der Waals surface area contributed by atoms with E-state index in [1.807, 2.05) is 0 Å². The number of hydrogen-bond acceptors (Lipinski definition) is 14. The Kier molecular flexibility index (Phi) is 25.5.